The summed E-state index contributed by atoms with van der Waals surface area (Å²) < 4.78 is 0. The van der Waals surface area contributed by atoms with Gasteiger partial charge in [0.25, 0.3) is 0 Å². The van der Waals surface area contributed by atoms with Gasteiger partial charge in [-0.3, -0.25) is 0 Å². The Kier molecular flexibility index (Phi) is 2.20. The Labute approximate surface area is 70.4 Å². The molecule has 0 amide bonds. The maximum Gasteiger partial charge on any atom is -0.0360 e. The molecule has 0 aromatic rings. The fourth-order valence-corrected chi connectivity index (χ4v) is 3.26. The monoisotopic (exact) mass is 152 g/mol. The van der Waals surface area contributed by atoms with Crippen LogP contribution in [-0.4, -0.2) is 0 Å². The highest BCUT2D eigenvalue weighted by molar-refractivity contribution is 4.82. The molecule has 0 heteroatoms. The van der Waals surface area contributed by atoms with Gasteiger partial charge in [0.1, 0.15) is 0 Å². The van der Waals surface area contributed by atoms with Crippen LogP contribution < -0.4 is 0 Å². The van der Waals surface area contributed by atoms with Gasteiger partial charge in [0.15, 0.2) is 0 Å². The van der Waals surface area contributed by atoms with E-state index in [1.807, 2.05) is 0 Å². The summed E-state index contributed by atoms with van der Waals surface area (Å²) in [7, 11) is 0. The molecule has 0 bridgehead atoms. The first-order valence-corrected chi connectivity index (χ1v) is 5.38. The third-order valence-electron chi connectivity index (χ3n) is 3.93. The van der Waals surface area contributed by atoms with E-state index in [2.05, 4.69) is 6.92 Å². The molecule has 3 atom stereocenters. The highest BCUT2D eigenvalue weighted by atomic mass is 14.4. The van der Waals surface area contributed by atoms with E-state index < -0.39 is 0 Å². The van der Waals surface area contributed by atoms with Crippen molar-refractivity contribution < 1.29 is 0 Å². The van der Waals surface area contributed by atoms with E-state index in [1.165, 1.54) is 25.7 Å². The Morgan fingerprint density at radius 2 is 1.55 bits per heavy atom. The van der Waals surface area contributed by atoms with Crippen molar-refractivity contribution in [3.8, 4) is 0 Å². The van der Waals surface area contributed by atoms with Crippen LogP contribution in [0.15, 0.2) is 0 Å². The zero-order valence-electron chi connectivity index (χ0n) is 7.68. The molecule has 2 aliphatic rings. The minimum atomic E-state index is 1.05. The van der Waals surface area contributed by atoms with Gasteiger partial charge in [-0.05, 0) is 24.2 Å². The largest absolute Gasteiger partial charge is 0.0622 e. The quantitative estimate of drug-likeness (QED) is 0.497. The number of fused-ring (bicyclic) bond motifs is 1. The molecular weight excluding hydrogens is 132 g/mol. The molecule has 0 radical (unpaired) electrons. The molecule has 0 spiro atoms. The maximum absolute atomic E-state index is 2.47. The van der Waals surface area contributed by atoms with E-state index in [0.29, 0.717) is 0 Å². The summed E-state index contributed by atoms with van der Waals surface area (Å²) in [4.78, 5) is 0. The van der Waals surface area contributed by atoms with Gasteiger partial charge in [-0.15, -0.1) is 0 Å². The summed E-state index contributed by atoms with van der Waals surface area (Å²) in [6, 6.07) is 0. The molecule has 0 heterocycles. The summed E-state index contributed by atoms with van der Waals surface area (Å²) in [5.74, 6) is 3.30. The van der Waals surface area contributed by atoms with Crippen molar-refractivity contribution in [2.45, 2.75) is 51.9 Å². The number of hydrogen-bond donors (Lipinski definition) is 0. The third-order valence-corrected chi connectivity index (χ3v) is 3.93. The molecular formula is C11H20. The van der Waals surface area contributed by atoms with Crippen molar-refractivity contribution >= 4 is 0 Å². The molecule has 0 nitrogen and oxygen atoms in total. The van der Waals surface area contributed by atoms with Gasteiger partial charge in [-0.2, -0.15) is 0 Å². The molecule has 0 saturated heterocycles. The van der Waals surface area contributed by atoms with Crippen LogP contribution in [0.1, 0.15) is 51.9 Å². The first kappa shape index (κ1) is 7.64. The van der Waals surface area contributed by atoms with Crippen LogP contribution in [0.25, 0.3) is 0 Å². The second-order valence-electron chi connectivity index (χ2n) is 4.62. The lowest BCUT2D eigenvalue weighted by atomic mass is 9.66. The first-order chi connectivity index (χ1) is 5.38. The predicted octanol–water partition coefficient (Wildman–Crippen LogP) is 3.61. The van der Waals surface area contributed by atoms with E-state index >= 15 is 0 Å². The predicted molar refractivity (Wildman–Crippen MR) is 48.5 cm³/mol. The van der Waals surface area contributed by atoms with E-state index in [1.54, 1.807) is 19.3 Å². The number of hydrogen-bond acceptors (Lipinski definition) is 0. The minimum Gasteiger partial charge on any atom is -0.0622 e. The van der Waals surface area contributed by atoms with Gasteiger partial charge in [-0.1, -0.05) is 45.4 Å². The van der Waals surface area contributed by atoms with Crippen LogP contribution in [-0.2, 0) is 0 Å². The molecule has 0 aromatic carbocycles. The molecule has 11 heavy (non-hydrogen) atoms. The Balaban J connectivity index is 1.99. The maximum atomic E-state index is 2.47. The Morgan fingerprint density at radius 3 is 2.36 bits per heavy atom. The van der Waals surface area contributed by atoms with E-state index in [4.69, 9.17) is 0 Å². The van der Waals surface area contributed by atoms with Gasteiger partial charge < -0.3 is 0 Å². The van der Waals surface area contributed by atoms with Crippen molar-refractivity contribution in [2.24, 2.45) is 17.8 Å². The summed E-state index contributed by atoms with van der Waals surface area (Å²) >= 11 is 0. The molecule has 0 unspecified atom stereocenters. The van der Waals surface area contributed by atoms with E-state index in [-0.39, 0.29) is 0 Å². The zero-order valence-corrected chi connectivity index (χ0v) is 7.68. The normalized spacial score (nSPS) is 45.0. The fraction of sp³-hybridized carbons (Fsp3) is 1.00. The molecule has 2 saturated carbocycles. The summed E-state index contributed by atoms with van der Waals surface area (Å²) in [6.45, 7) is 2.47. The zero-order chi connectivity index (χ0) is 7.68. The summed E-state index contributed by atoms with van der Waals surface area (Å²) in [5, 5.41) is 0. The lowest BCUT2D eigenvalue weighted by Crippen LogP contribution is -2.29. The van der Waals surface area contributed by atoms with Crippen LogP contribution in [0.3, 0.4) is 0 Å². The van der Waals surface area contributed by atoms with Crippen molar-refractivity contribution in [1.29, 1.82) is 0 Å². The fourth-order valence-electron chi connectivity index (χ4n) is 3.26. The first-order valence-electron chi connectivity index (χ1n) is 5.38. The van der Waals surface area contributed by atoms with Crippen LogP contribution in [0, 0.1) is 17.8 Å². The molecule has 0 aliphatic heterocycles. The lowest BCUT2D eigenvalue weighted by Gasteiger charge is -2.39. The van der Waals surface area contributed by atoms with Crippen molar-refractivity contribution in [1.82, 2.24) is 0 Å². The molecule has 0 aromatic heterocycles. The third kappa shape index (κ3) is 1.45. The standard InChI is InChI=1S/C11H20/c1-9-5-4-7-10-6-2-3-8-11(9)10/h9-11H,2-8H2,1H3/t9-,10+,11-/m0/s1. The van der Waals surface area contributed by atoms with E-state index in [9.17, 15) is 0 Å². The number of rotatable bonds is 0. The second-order valence-corrected chi connectivity index (χ2v) is 4.62. The van der Waals surface area contributed by atoms with Crippen LogP contribution in [0.5, 0.6) is 0 Å². The Hall–Kier alpha value is 0. The molecule has 2 fully saturated rings. The van der Waals surface area contributed by atoms with E-state index in [0.717, 1.165) is 17.8 Å². The van der Waals surface area contributed by atoms with Crippen molar-refractivity contribution in [2.75, 3.05) is 0 Å². The molecule has 0 N–H and O–H groups in total. The van der Waals surface area contributed by atoms with Gasteiger partial charge >= 0.3 is 0 Å². The van der Waals surface area contributed by atoms with Crippen molar-refractivity contribution in [3.63, 3.8) is 0 Å². The van der Waals surface area contributed by atoms with Gasteiger partial charge in [-0.25, -0.2) is 0 Å². The average molecular weight is 152 g/mol. The molecule has 2 aliphatic carbocycles. The van der Waals surface area contributed by atoms with Crippen LogP contribution in [0.4, 0.5) is 0 Å². The molecule has 2 rings (SSSR count). The smallest absolute Gasteiger partial charge is 0.0360 e. The average Bonchev–Trinajstić information content (AvgIpc) is 2.06. The SMILES string of the molecule is C[C@H]1CCC[C@H]2CCCC[C@H]21. The highest BCUT2D eigenvalue weighted by Crippen LogP contribution is 2.43. The second kappa shape index (κ2) is 3.16. The highest BCUT2D eigenvalue weighted by Gasteiger charge is 2.31. The van der Waals surface area contributed by atoms with Gasteiger partial charge in [0.05, 0.1) is 0 Å². The van der Waals surface area contributed by atoms with Crippen LogP contribution >= 0.6 is 0 Å². The Bertz CT molecular complexity index is 126. The Morgan fingerprint density at radius 1 is 0.818 bits per heavy atom. The lowest BCUT2D eigenvalue weighted by molar-refractivity contribution is 0.114. The summed E-state index contributed by atoms with van der Waals surface area (Å²) in [6.07, 6.45) is 10.7. The van der Waals surface area contributed by atoms with Crippen LogP contribution in [0.2, 0.25) is 0 Å². The summed E-state index contributed by atoms with van der Waals surface area (Å²) in [5.41, 5.74) is 0. The van der Waals surface area contributed by atoms with Crippen molar-refractivity contribution in [3.05, 3.63) is 0 Å². The van der Waals surface area contributed by atoms with Gasteiger partial charge in [0.2, 0.25) is 0 Å². The minimum absolute atomic E-state index is 1.05. The van der Waals surface area contributed by atoms with Gasteiger partial charge in [0, 0.05) is 0 Å². The molecule has 64 valence electrons. The topological polar surface area (TPSA) is 0 Å².